The van der Waals surface area contributed by atoms with Crippen molar-refractivity contribution in [2.24, 2.45) is 0 Å². The molecule has 1 amide bonds. The summed E-state index contributed by atoms with van der Waals surface area (Å²) in [4.78, 5) is 24.5. The number of hydrogen-bond acceptors (Lipinski definition) is 4. The Kier molecular flexibility index (Phi) is 5.15. The minimum absolute atomic E-state index is 0.0194. The van der Waals surface area contributed by atoms with Crippen molar-refractivity contribution in [1.82, 2.24) is 4.90 Å². The van der Waals surface area contributed by atoms with Gasteiger partial charge in [0.25, 0.3) is 0 Å². The number of ether oxygens (including phenoxy) is 2. The minimum Gasteiger partial charge on any atom is -0.480 e. The summed E-state index contributed by atoms with van der Waals surface area (Å²) in [6.45, 7) is 0.752. The second-order valence-corrected chi connectivity index (χ2v) is 5.09. The topological polar surface area (TPSA) is 76.1 Å². The molecular formula is C13H21NO5. The Morgan fingerprint density at radius 2 is 2.00 bits per heavy atom. The van der Waals surface area contributed by atoms with Crippen LogP contribution in [0.2, 0.25) is 0 Å². The van der Waals surface area contributed by atoms with E-state index in [4.69, 9.17) is 14.6 Å². The summed E-state index contributed by atoms with van der Waals surface area (Å²) >= 11 is 0. The van der Waals surface area contributed by atoms with Crippen LogP contribution in [0.1, 0.15) is 32.1 Å². The molecule has 1 N–H and O–H groups in total. The highest BCUT2D eigenvalue weighted by Crippen LogP contribution is 2.20. The molecule has 0 radical (unpaired) electrons. The van der Waals surface area contributed by atoms with Gasteiger partial charge in [-0.3, -0.25) is 4.79 Å². The molecule has 1 saturated heterocycles. The van der Waals surface area contributed by atoms with E-state index in [0.717, 1.165) is 25.7 Å². The third kappa shape index (κ3) is 3.91. The fourth-order valence-corrected chi connectivity index (χ4v) is 2.61. The predicted molar refractivity (Wildman–Crippen MR) is 66.8 cm³/mol. The number of nitrogens with zero attached hydrogens (tertiary/aromatic N) is 1. The van der Waals surface area contributed by atoms with E-state index in [0.29, 0.717) is 13.2 Å². The number of carbonyl (C=O) groups excluding carboxylic acids is 1. The number of aliphatic carboxylic acids is 1. The Morgan fingerprint density at radius 3 is 2.68 bits per heavy atom. The van der Waals surface area contributed by atoms with Crippen LogP contribution in [0.4, 0.5) is 0 Å². The highest BCUT2D eigenvalue weighted by atomic mass is 16.5. The molecule has 1 unspecified atom stereocenters. The summed E-state index contributed by atoms with van der Waals surface area (Å²) < 4.78 is 10.7. The Morgan fingerprint density at radius 1 is 1.26 bits per heavy atom. The van der Waals surface area contributed by atoms with E-state index in [9.17, 15) is 9.59 Å². The second kappa shape index (κ2) is 6.86. The van der Waals surface area contributed by atoms with Gasteiger partial charge in [0, 0.05) is 6.54 Å². The Balaban J connectivity index is 1.81. The molecule has 6 nitrogen and oxygen atoms in total. The highest BCUT2D eigenvalue weighted by molar-refractivity contribution is 5.84. The van der Waals surface area contributed by atoms with Gasteiger partial charge in [0.15, 0.2) is 6.04 Å². The van der Waals surface area contributed by atoms with E-state index in [-0.39, 0.29) is 25.2 Å². The lowest BCUT2D eigenvalue weighted by Crippen LogP contribution is -2.53. The van der Waals surface area contributed by atoms with Gasteiger partial charge >= 0.3 is 5.97 Å². The SMILES string of the molecule is O=C(O)C1COCCN1C(=O)COC1CCCCC1. The van der Waals surface area contributed by atoms with E-state index < -0.39 is 12.0 Å². The van der Waals surface area contributed by atoms with E-state index in [2.05, 4.69) is 0 Å². The van der Waals surface area contributed by atoms with Gasteiger partial charge in [0.2, 0.25) is 5.91 Å². The maximum Gasteiger partial charge on any atom is 0.328 e. The minimum atomic E-state index is -1.02. The number of rotatable bonds is 4. The third-order valence-electron chi connectivity index (χ3n) is 3.73. The van der Waals surface area contributed by atoms with Gasteiger partial charge in [-0.15, -0.1) is 0 Å². The highest BCUT2D eigenvalue weighted by Gasteiger charge is 2.32. The van der Waals surface area contributed by atoms with E-state index >= 15 is 0 Å². The number of amides is 1. The molecule has 1 atom stereocenters. The fourth-order valence-electron chi connectivity index (χ4n) is 2.61. The molecule has 2 fully saturated rings. The first-order valence-electron chi connectivity index (χ1n) is 6.90. The zero-order valence-corrected chi connectivity index (χ0v) is 11.0. The first-order valence-corrected chi connectivity index (χ1v) is 6.90. The zero-order valence-electron chi connectivity index (χ0n) is 11.0. The van der Waals surface area contributed by atoms with E-state index in [1.165, 1.54) is 11.3 Å². The molecule has 1 saturated carbocycles. The maximum atomic E-state index is 12.0. The van der Waals surface area contributed by atoms with Crippen molar-refractivity contribution in [2.45, 2.75) is 44.2 Å². The summed E-state index contributed by atoms with van der Waals surface area (Å²) in [5.41, 5.74) is 0. The van der Waals surface area contributed by atoms with Crippen molar-refractivity contribution in [3.05, 3.63) is 0 Å². The molecule has 6 heteroatoms. The van der Waals surface area contributed by atoms with Crippen molar-refractivity contribution in [3.63, 3.8) is 0 Å². The summed E-state index contributed by atoms with van der Waals surface area (Å²) in [6.07, 6.45) is 5.68. The van der Waals surface area contributed by atoms with Crippen LogP contribution < -0.4 is 0 Å². The molecule has 2 rings (SSSR count). The second-order valence-electron chi connectivity index (χ2n) is 5.09. The van der Waals surface area contributed by atoms with Gasteiger partial charge in [0.05, 0.1) is 19.3 Å². The van der Waals surface area contributed by atoms with Crippen LogP contribution in [0.3, 0.4) is 0 Å². The molecule has 108 valence electrons. The molecule has 1 heterocycles. The molecule has 19 heavy (non-hydrogen) atoms. The Bertz CT molecular complexity index is 327. The summed E-state index contributed by atoms with van der Waals surface area (Å²) in [5.74, 6) is -1.27. The monoisotopic (exact) mass is 271 g/mol. The molecule has 0 aromatic carbocycles. The van der Waals surface area contributed by atoms with Gasteiger partial charge < -0.3 is 19.5 Å². The summed E-state index contributed by atoms with van der Waals surface area (Å²) in [7, 11) is 0. The third-order valence-corrected chi connectivity index (χ3v) is 3.73. The van der Waals surface area contributed by atoms with Crippen molar-refractivity contribution >= 4 is 11.9 Å². The van der Waals surface area contributed by atoms with Crippen LogP contribution in [0, 0.1) is 0 Å². The lowest BCUT2D eigenvalue weighted by molar-refractivity contribution is -0.161. The smallest absolute Gasteiger partial charge is 0.328 e. The number of carboxylic acid groups (broad SMARTS) is 1. The van der Waals surface area contributed by atoms with Crippen LogP contribution in [0.25, 0.3) is 0 Å². The van der Waals surface area contributed by atoms with Gasteiger partial charge in [-0.25, -0.2) is 4.79 Å². The van der Waals surface area contributed by atoms with E-state index in [1.54, 1.807) is 0 Å². The number of carbonyl (C=O) groups is 2. The van der Waals surface area contributed by atoms with Gasteiger partial charge in [0.1, 0.15) is 6.61 Å². The van der Waals surface area contributed by atoms with Crippen molar-refractivity contribution in [3.8, 4) is 0 Å². The predicted octanol–water partition coefficient (Wildman–Crippen LogP) is 0.648. The van der Waals surface area contributed by atoms with Crippen molar-refractivity contribution in [1.29, 1.82) is 0 Å². The number of morpholine rings is 1. The van der Waals surface area contributed by atoms with Crippen molar-refractivity contribution in [2.75, 3.05) is 26.4 Å². The molecule has 2 aliphatic rings. The fraction of sp³-hybridized carbons (Fsp3) is 0.846. The molecule has 1 aliphatic carbocycles. The van der Waals surface area contributed by atoms with Crippen LogP contribution in [0.5, 0.6) is 0 Å². The average molecular weight is 271 g/mol. The molecule has 0 aromatic rings. The van der Waals surface area contributed by atoms with Crippen LogP contribution >= 0.6 is 0 Å². The number of carboxylic acids is 1. The quantitative estimate of drug-likeness (QED) is 0.812. The van der Waals surface area contributed by atoms with Crippen LogP contribution in [-0.2, 0) is 19.1 Å². The normalized spacial score (nSPS) is 25.3. The largest absolute Gasteiger partial charge is 0.480 e. The first kappa shape index (κ1) is 14.3. The zero-order chi connectivity index (χ0) is 13.7. The standard InChI is InChI=1S/C13H21NO5/c15-12(9-19-10-4-2-1-3-5-10)14-6-7-18-8-11(14)13(16)17/h10-11H,1-9H2,(H,16,17). The van der Waals surface area contributed by atoms with Gasteiger partial charge in [-0.1, -0.05) is 19.3 Å². The van der Waals surface area contributed by atoms with Crippen molar-refractivity contribution < 1.29 is 24.2 Å². The molecular weight excluding hydrogens is 250 g/mol. The summed E-state index contributed by atoms with van der Waals surface area (Å²) in [6, 6.07) is -0.879. The lowest BCUT2D eigenvalue weighted by Gasteiger charge is -2.33. The van der Waals surface area contributed by atoms with Crippen LogP contribution in [-0.4, -0.2) is 60.4 Å². The number of hydrogen-bond donors (Lipinski definition) is 1. The molecule has 0 aromatic heterocycles. The molecule has 0 spiro atoms. The Hall–Kier alpha value is -1.14. The van der Waals surface area contributed by atoms with Crippen LogP contribution in [0.15, 0.2) is 0 Å². The van der Waals surface area contributed by atoms with Gasteiger partial charge in [-0.2, -0.15) is 0 Å². The molecule has 1 aliphatic heterocycles. The van der Waals surface area contributed by atoms with E-state index in [1.807, 2.05) is 0 Å². The summed E-state index contributed by atoms with van der Waals surface area (Å²) in [5, 5.41) is 9.06. The molecule has 0 bridgehead atoms. The lowest BCUT2D eigenvalue weighted by atomic mass is 9.98. The Labute approximate surface area is 112 Å². The average Bonchev–Trinajstić information content (AvgIpc) is 2.46. The first-order chi connectivity index (χ1) is 9.18. The van der Waals surface area contributed by atoms with Gasteiger partial charge in [-0.05, 0) is 12.8 Å². The maximum absolute atomic E-state index is 12.0.